The Bertz CT molecular complexity index is 1180. The van der Waals surface area contributed by atoms with Crippen molar-refractivity contribution in [2.45, 2.75) is 26.9 Å². The van der Waals surface area contributed by atoms with Crippen molar-refractivity contribution in [2.75, 3.05) is 26.3 Å². The van der Waals surface area contributed by atoms with Crippen LogP contribution in [0.25, 0.3) is 11.2 Å². The Morgan fingerprint density at radius 1 is 1.10 bits per heavy atom. The largest absolute Gasteiger partial charge is 0.370 e. The Balaban J connectivity index is 1.90. The van der Waals surface area contributed by atoms with E-state index in [9.17, 15) is 9.59 Å². The van der Waals surface area contributed by atoms with Gasteiger partial charge in [-0.15, -0.1) is 0 Å². The number of ether oxygens (including phenoxy) is 1. The van der Waals surface area contributed by atoms with Crippen LogP contribution in [0.2, 0.25) is 0 Å². The van der Waals surface area contributed by atoms with E-state index in [0.717, 1.165) is 42.3 Å². The molecule has 3 heterocycles. The number of nitrogens with zero attached hydrogens (tertiary/aromatic N) is 4. The number of rotatable bonds is 4. The summed E-state index contributed by atoms with van der Waals surface area (Å²) in [7, 11) is 3.19. The van der Waals surface area contributed by atoms with Gasteiger partial charge in [0.05, 0.1) is 19.8 Å². The average Bonchev–Trinajstić information content (AvgIpc) is 3.06. The second kappa shape index (κ2) is 7.61. The molecule has 1 aliphatic heterocycles. The molecule has 4 rings (SSSR count). The molecule has 0 unspecified atom stereocenters. The van der Waals surface area contributed by atoms with Crippen molar-refractivity contribution in [3.63, 3.8) is 0 Å². The summed E-state index contributed by atoms with van der Waals surface area (Å²) >= 11 is 0. The first-order valence-electron chi connectivity index (χ1n) is 9.99. The minimum Gasteiger partial charge on any atom is -0.370 e. The Morgan fingerprint density at radius 2 is 1.83 bits per heavy atom. The molecule has 0 radical (unpaired) electrons. The fourth-order valence-electron chi connectivity index (χ4n) is 4.00. The summed E-state index contributed by atoms with van der Waals surface area (Å²) in [6.45, 7) is 8.66. The molecular weight excluding hydrogens is 370 g/mol. The zero-order valence-corrected chi connectivity index (χ0v) is 17.5. The zero-order chi connectivity index (χ0) is 20.7. The molecule has 1 saturated heterocycles. The number of aryl methyl sites for hydroxylation is 3. The normalized spacial score (nSPS) is 15.3. The van der Waals surface area contributed by atoms with Gasteiger partial charge < -0.3 is 14.2 Å². The highest BCUT2D eigenvalue weighted by Gasteiger charge is 2.23. The second-order valence-electron chi connectivity index (χ2n) is 7.96. The molecule has 8 nitrogen and oxygen atoms in total. The molecule has 0 aliphatic carbocycles. The molecule has 0 atom stereocenters. The number of hydrogen-bond donors (Lipinski definition) is 1. The summed E-state index contributed by atoms with van der Waals surface area (Å²) in [5.41, 5.74) is 3.77. The summed E-state index contributed by atoms with van der Waals surface area (Å²) in [6, 6.07) is 6.34. The lowest BCUT2D eigenvalue weighted by Gasteiger charge is -2.23. The van der Waals surface area contributed by atoms with Gasteiger partial charge >= 0.3 is 5.69 Å². The van der Waals surface area contributed by atoms with Crippen molar-refractivity contribution in [1.29, 1.82) is 0 Å². The number of quaternary nitrogens is 1. The van der Waals surface area contributed by atoms with E-state index in [1.807, 2.05) is 4.57 Å². The molecule has 1 aliphatic rings. The van der Waals surface area contributed by atoms with Crippen LogP contribution < -0.4 is 16.1 Å². The quantitative estimate of drug-likeness (QED) is 0.644. The van der Waals surface area contributed by atoms with Crippen molar-refractivity contribution in [3.05, 3.63) is 61.6 Å². The summed E-state index contributed by atoms with van der Waals surface area (Å²) in [6.07, 6.45) is 0. The maximum atomic E-state index is 13.0. The smallest absolute Gasteiger partial charge is 0.332 e. The molecule has 0 saturated carbocycles. The predicted octanol–water partition coefficient (Wildman–Crippen LogP) is -0.486. The third kappa shape index (κ3) is 3.54. The average molecular weight is 398 g/mol. The highest BCUT2D eigenvalue weighted by molar-refractivity contribution is 5.71. The van der Waals surface area contributed by atoms with E-state index in [-0.39, 0.29) is 11.2 Å². The Kier molecular flexibility index (Phi) is 5.14. The Labute approximate surface area is 169 Å². The third-order valence-corrected chi connectivity index (χ3v) is 5.87. The van der Waals surface area contributed by atoms with Crippen LogP contribution in [0.5, 0.6) is 0 Å². The van der Waals surface area contributed by atoms with E-state index >= 15 is 0 Å². The van der Waals surface area contributed by atoms with Crippen LogP contribution >= 0.6 is 0 Å². The van der Waals surface area contributed by atoms with Crippen LogP contribution in [-0.2, 0) is 31.9 Å². The molecule has 0 amide bonds. The zero-order valence-electron chi connectivity index (χ0n) is 17.5. The monoisotopic (exact) mass is 398 g/mol. The molecule has 0 spiro atoms. The fourth-order valence-corrected chi connectivity index (χ4v) is 4.00. The molecule has 1 aromatic carbocycles. The number of morpholine rings is 1. The second-order valence-corrected chi connectivity index (χ2v) is 7.96. The number of fused-ring (bicyclic) bond motifs is 1. The maximum absolute atomic E-state index is 13.0. The Morgan fingerprint density at radius 3 is 2.55 bits per heavy atom. The van der Waals surface area contributed by atoms with E-state index in [4.69, 9.17) is 9.72 Å². The highest BCUT2D eigenvalue weighted by Crippen LogP contribution is 2.17. The van der Waals surface area contributed by atoms with Gasteiger partial charge in [-0.2, -0.15) is 0 Å². The fraction of sp³-hybridized carbons (Fsp3) is 0.476. The molecule has 29 heavy (non-hydrogen) atoms. The first-order chi connectivity index (χ1) is 13.9. The van der Waals surface area contributed by atoms with E-state index < -0.39 is 0 Å². The molecule has 1 N–H and O–H groups in total. The summed E-state index contributed by atoms with van der Waals surface area (Å²) in [5, 5.41) is 0. The lowest BCUT2D eigenvalue weighted by atomic mass is 10.1. The van der Waals surface area contributed by atoms with Crippen molar-refractivity contribution in [3.8, 4) is 0 Å². The van der Waals surface area contributed by atoms with Crippen LogP contribution in [0.4, 0.5) is 0 Å². The predicted molar refractivity (Wildman–Crippen MR) is 110 cm³/mol. The van der Waals surface area contributed by atoms with Gasteiger partial charge in [0.15, 0.2) is 17.0 Å². The number of benzene rings is 1. The van der Waals surface area contributed by atoms with E-state index in [1.165, 1.54) is 27.6 Å². The third-order valence-electron chi connectivity index (χ3n) is 5.87. The van der Waals surface area contributed by atoms with Crippen LogP contribution in [0.15, 0.2) is 27.8 Å². The molecule has 2 aromatic heterocycles. The topological polar surface area (TPSA) is 75.5 Å². The molecular formula is C21H28N5O3+. The first-order valence-corrected chi connectivity index (χ1v) is 9.99. The van der Waals surface area contributed by atoms with Gasteiger partial charge in [0.25, 0.3) is 5.56 Å². The van der Waals surface area contributed by atoms with Gasteiger partial charge in [0, 0.05) is 14.1 Å². The van der Waals surface area contributed by atoms with Crippen molar-refractivity contribution in [1.82, 2.24) is 18.7 Å². The van der Waals surface area contributed by atoms with Crippen molar-refractivity contribution < 1.29 is 9.64 Å². The molecule has 0 bridgehead atoms. The number of nitrogens with one attached hydrogen (secondary N) is 1. The van der Waals surface area contributed by atoms with Crippen LogP contribution in [0.3, 0.4) is 0 Å². The molecule has 3 aromatic rings. The van der Waals surface area contributed by atoms with E-state index in [2.05, 4.69) is 32.0 Å². The number of aromatic nitrogens is 4. The lowest BCUT2D eigenvalue weighted by Crippen LogP contribution is -3.12. The number of hydrogen-bond acceptors (Lipinski definition) is 4. The summed E-state index contributed by atoms with van der Waals surface area (Å²) < 4.78 is 10.1. The molecule has 8 heteroatoms. The summed E-state index contributed by atoms with van der Waals surface area (Å²) in [5.74, 6) is 0.830. The standard InChI is InChI=1S/C21H27N5O3/c1-14-5-6-15(2)16(11-14)12-26-17(13-25-7-9-29-10-8-25)22-19-18(26)20(27)24(4)21(28)23(19)3/h5-6,11H,7-10,12-13H2,1-4H3/p+1. The highest BCUT2D eigenvalue weighted by atomic mass is 16.5. The van der Waals surface area contributed by atoms with E-state index in [0.29, 0.717) is 24.3 Å². The van der Waals surface area contributed by atoms with Gasteiger partial charge in [0.2, 0.25) is 0 Å². The first kappa shape index (κ1) is 19.6. The van der Waals surface area contributed by atoms with Crippen molar-refractivity contribution in [2.24, 2.45) is 14.1 Å². The van der Waals surface area contributed by atoms with Gasteiger partial charge in [-0.1, -0.05) is 23.8 Å². The van der Waals surface area contributed by atoms with Crippen LogP contribution in [0, 0.1) is 13.8 Å². The SMILES string of the molecule is Cc1ccc(C)c(Cn2c(C[NH+]3CCOCC3)nc3c2c(=O)n(C)c(=O)n3C)c1. The van der Waals surface area contributed by atoms with Gasteiger partial charge in [-0.05, 0) is 25.0 Å². The van der Waals surface area contributed by atoms with Crippen LogP contribution in [0.1, 0.15) is 22.5 Å². The van der Waals surface area contributed by atoms with Gasteiger partial charge in [0.1, 0.15) is 19.6 Å². The minimum atomic E-state index is -0.357. The minimum absolute atomic E-state index is 0.302. The van der Waals surface area contributed by atoms with Gasteiger partial charge in [-0.3, -0.25) is 13.9 Å². The van der Waals surface area contributed by atoms with E-state index in [1.54, 1.807) is 7.05 Å². The molecule has 1 fully saturated rings. The number of imidazole rings is 1. The van der Waals surface area contributed by atoms with Gasteiger partial charge in [-0.25, -0.2) is 9.78 Å². The van der Waals surface area contributed by atoms with Crippen LogP contribution in [-0.4, -0.2) is 45.0 Å². The maximum Gasteiger partial charge on any atom is 0.332 e. The molecule has 154 valence electrons. The summed E-state index contributed by atoms with van der Waals surface area (Å²) in [4.78, 5) is 31.6. The Hall–Kier alpha value is -2.71. The van der Waals surface area contributed by atoms with Crippen molar-refractivity contribution >= 4 is 11.2 Å². The lowest BCUT2D eigenvalue weighted by molar-refractivity contribution is -0.922.